The average molecular weight is 315 g/mol. The highest BCUT2D eigenvalue weighted by molar-refractivity contribution is 7.89. The van der Waals surface area contributed by atoms with Crippen molar-refractivity contribution >= 4 is 21.4 Å². The molecule has 0 aliphatic rings. The van der Waals surface area contributed by atoms with E-state index in [0.29, 0.717) is 12.3 Å². The van der Waals surface area contributed by atoms with Gasteiger partial charge in [0.25, 0.3) is 5.69 Å². The molecule has 0 aliphatic heterocycles. The molecule has 0 radical (unpaired) electrons. The first-order valence-electron chi connectivity index (χ1n) is 6.73. The van der Waals surface area contributed by atoms with Crippen molar-refractivity contribution in [3.8, 4) is 0 Å². The summed E-state index contributed by atoms with van der Waals surface area (Å²) in [6, 6.07) is 3.22. The molecule has 0 heterocycles. The number of sulfonamides is 1. The van der Waals surface area contributed by atoms with Gasteiger partial charge in [0, 0.05) is 12.1 Å². The van der Waals surface area contributed by atoms with E-state index in [-0.39, 0.29) is 16.6 Å². The maximum atomic E-state index is 12.2. The molecule has 7 nitrogen and oxygen atoms in total. The topological polar surface area (TPSA) is 115 Å². The van der Waals surface area contributed by atoms with Gasteiger partial charge < -0.3 is 5.73 Å². The molecular weight excluding hydrogens is 294 g/mol. The van der Waals surface area contributed by atoms with Gasteiger partial charge in [-0.2, -0.15) is 0 Å². The highest BCUT2D eigenvalue weighted by atomic mass is 32.2. The summed E-state index contributed by atoms with van der Waals surface area (Å²) in [5, 5.41) is 10.8. The zero-order chi connectivity index (χ0) is 16.2. The maximum absolute atomic E-state index is 12.2. The van der Waals surface area contributed by atoms with Crippen molar-refractivity contribution in [1.29, 1.82) is 0 Å². The Hall–Kier alpha value is -1.67. The molecule has 1 rings (SSSR count). The molecule has 0 saturated carbocycles. The van der Waals surface area contributed by atoms with Crippen LogP contribution in [-0.2, 0) is 10.0 Å². The Kier molecular flexibility index (Phi) is 5.68. The van der Waals surface area contributed by atoms with Crippen LogP contribution >= 0.6 is 0 Å². The predicted molar refractivity (Wildman–Crippen MR) is 81.4 cm³/mol. The number of benzene rings is 1. The third kappa shape index (κ3) is 4.68. The Labute approximate surface area is 124 Å². The van der Waals surface area contributed by atoms with Crippen molar-refractivity contribution in [2.75, 3.05) is 5.73 Å². The summed E-state index contributed by atoms with van der Waals surface area (Å²) >= 11 is 0. The molecular formula is C13H21N3O4S. The molecule has 21 heavy (non-hydrogen) atoms. The normalized spacial score (nSPS) is 14.6. The molecule has 0 saturated heterocycles. The van der Waals surface area contributed by atoms with Crippen LogP contribution in [-0.4, -0.2) is 19.4 Å². The van der Waals surface area contributed by atoms with Gasteiger partial charge in [0.15, 0.2) is 0 Å². The van der Waals surface area contributed by atoms with Crippen LogP contribution in [0.5, 0.6) is 0 Å². The van der Waals surface area contributed by atoms with Gasteiger partial charge in [0.05, 0.1) is 9.82 Å². The minimum absolute atomic E-state index is 0.0633. The van der Waals surface area contributed by atoms with E-state index < -0.39 is 20.6 Å². The minimum Gasteiger partial charge on any atom is -0.393 e. The predicted octanol–water partition coefficient (Wildman–Crippen LogP) is 2.28. The highest BCUT2D eigenvalue weighted by Gasteiger charge is 2.22. The highest BCUT2D eigenvalue weighted by Crippen LogP contribution is 2.25. The summed E-state index contributed by atoms with van der Waals surface area (Å²) in [7, 11) is -3.80. The second kappa shape index (κ2) is 6.86. The van der Waals surface area contributed by atoms with E-state index >= 15 is 0 Å². The number of rotatable bonds is 7. The fraction of sp³-hybridized carbons (Fsp3) is 0.538. The molecule has 0 aromatic heterocycles. The van der Waals surface area contributed by atoms with Crippen molar-refractivity contribution in [3.63, 3.8) is 0 Å². The molecule has 118 valence electrons. The number of nitrogen functional groups attached to an aromatic ring is 1. The number of nitrogens with zero attached hydrogens (tertiary/aromatic N) is 1. The minimum atomic E-state index is -3.80. The number of nitro groups is 1. The number of hydrogen-bond donors (Lipinski definition) is 2. The summed E-state index contributed by atoms with van der Waals surface area (Å²) in [4.78, 5) is 9.97. The Morgan fingerprint density at radius 2 is 2.00 bits per heavy atom. The van der Waals surface area contributed by atoms with E-state index in [1.807, 2.05) is 13.8 Å². The Morgan fingerprint density at radius 3 is 2.52 bits per heavy atom. The van der Waals surface area contributed by atoms with E-state index in [9.17, 15) is 18.5 Å². The standard InChI is InChI=1S/C13H21N3O4S/c1-4-9(2)7-10(3)15-21(19,20)11-5-6-12(14)13(8-11)16(17)18/h5-6,8-10,15H,4,7,14H2,1-3H3. The zero-order valence-corrected chi connectivity index (χ0v) is 13.2. The Bertz CT molecular complexity index is 616. The van der Waals surface area contributed by atoms with E-state index in [2.05, 4.69) is 4.72 Å². The quantitative estimate of drug-likeness (QED) is 0.455. The summed E-state index contributed by atoms with van der Waals surface area (Å²) in [6.45, 7) is 5.85. The Balaban J connectivity index is 2.98. The fourth-order valence-electron chi connectivity index (χ4n) is 2.00. The summed E-state index contributed by atoms with van der Waals surface area (Å²) in [5.74, 6) is 0.392. The lowest BCUT2D eigenvalue weighted by Crippen LogP contribution is -2.33. The molecule has 0 spiro atoms. The molecule has 2 atom stereocenters. The van der Waals surface area contributed by atoms with Crippen LogP contribution in [0.3, 0.4) is 0 Å². The third-order valence-electron chi connectivity index (χ3n) is 3.32. The van der Waals surface area contributed by atoms with Gasteiger partial charge >= 0.3 is 0 Å². The lowest BCUT2D eigenvalue weighted by atomic mass is 10.0. The average Bonchev–Trinajstić information content (AvgIpc) is 2.37. The molecule has 1 aromatic carbocycles. The molecule has 1 aromatic rings. The smallest absolute Gasteiger partial charge is 0.293 e. The van der Waals surface area contributed by atoms with Gasteiger partial charge in [-0.05, 0) is 31.4 Å². The number of nitrogens with two attached hydrogens (primary N) is 1. The lowest BCUT2D eigenvalue weighted by Gasteiger charge is -2.17. The first kappa shape index (κ1) is 17.4. The van der Waals surface area contributed by atoms with Crippen LogP contribution in [0.4, 0.5) is 11.4 Å². The largest absolute Gasteiger partial charge is 0.393 e. The van der Waals surface area contributed by atoms with Crippen molar-refractivity contribution in [2.45, 2.75) is 44.6 Å². The molecule has 8 heteroatoms. The van der Waals surface area contributed by atoms with Crippen LogP contribution in [0, 0.1) is 16.0 Å². The Morgan fingerprint density at radius 1 is 1.38 bits per heavy atom. The molecule has 0 bridgehead atoms. The van der Waals surface area contributed by atoms with Crippen LogP contribution in [0.1, 0.15) is 33.6 Å². The summed E-state index contributed by atoms with van der Waals surface area (Å²) < 4.78 is 27.0. The molecule has 0 amide bonds. The van der Waals surface area contributed by atoms with Crippen molar-refractivity contribution in [2.24, 2.45) is 5.92 Å². The molecule has 2 unspecified atom stereocenters. The maximum Gasteiger partial charge on any atom is 0.293 e. The second-order valence-corrected chi connectivity index (χ2v) is 6.96. The second-order valence-electron chi connectivity index (χ2n) is 5.25. The summed E-state index contributed by atoms with van der Waals surface area (Å²) in [6.07, 6.45) is 1.66. The molecule has 0 aliphatic carbocycles. The van der Waals surface area contributed by atoms with Gasteiger partial charge in [-0.15, -0.1) is 0 Å². The zero-order valence-electron chi connectivity index (χ0n) is 12.4. The van der Waals surface area contributed by atoms with Crippen LogP contribution in [0.25, 0.3) is 0 Å². The van der Waals surface area contributed by atoms with Crippen LogP contribution < -0.4 is 10.5 Å². The number of nitro benzene ring substituents is 1. The van der Waals surface area contributed by atoms with Gasteiger partial charge in [-0.1, -0.05) is 20.3 Å². The van der Waals surface area contributed by atoms with Crippen LogP contribution in [0.2, 0.25) is 0 Å². The number of hydrogen-bond acceptors (Lipinski definition) is 5. The first-order chi connectivity index (χ1) is 9.67. The van der Waals surface area contributed by atoms with Crippen molar-refractivity contribution < 1.29 is 13.3 Å². The third-order valence-corrected chi connectivity index (χ3v) is 4.91. The van der Waals surface area contributed by atoms with Crippen molar-refractivity contribution in [1.82, 2.24) is 4.72 Å². The van der Waals surface area contributed by atoms with Crippen molar-refractivity contribution in [3.05, 3.63) is 28.3 Å². The molecule has 0 fully saturated rings. The monoisotopic (exact) mass is 315 g/mol. The van der Waals surface area contributed by atoms with E-state index in [0.717, 1.165) is 12.5 Å². The van der Waals surface area contributed by atoms with E-state index in [4.69, 9.17) is 5.73 Å². The van der Waals surface area contributed by atoms with Gasteiger partial charge in [-0.25, -0.2) is 13.1 Å². The molecule has 3 N–H and O–H groups in total. The fourth-order valence-corrected chi connectivity index (χ4v) is 3.28. The summed E-state index contributed by atoms with van der Waals surface area (Å²) in [5.41, 5.74) is 4.99. The van der Waals surface area contributed by atoms with E-state index in [1.165, 1.54) is 12.1 Å². The first-order valence-corrected chi connectivity index (χ1v) is 8.22. The van der Waals surface area contributed by atoms with Gasteiger partial charge in [0.2, 0.25) is 10.0 Å². The van der Waals surface area contributed by atoms with E-state index in [1.54, 1.807) is 6.92 Å². The van der Waals surface area contributed by atoms with Crippen LogP contribution in [0.15, 0.2) is 23.1 Å². The van der Waals surface area contributed by atoms with Gasteiger partial charge in [0.1, 0.15) is 5.69 Å². The number of anilines is 1. The number of nitrogens with one attached hydrogen (secondary N) is 1. The lowest BCUT2D eigenvalue weighted by molar-refractivity contribution is -0.384. The SMILES string of the molecule is CCC(C)CC(C)NS(=O)(=O)c1ccc(N)c([N+](=O)[O-])c1. The van der Waals surface area contributed by atoms with Gasteiger partial charge in [-0.3, -0.25) is 10.1 Å².